The van der Waals surface area contributed by atoms with E-state index >= 15 is 4.39 Å². The standard InChI is InChI=1S/C25H30ClFN6O3/c1-14(2)33-19-6-5-18(22(27)16(19)11-20(24(33)35)36-13-21(34)28-4)30-23-17(26)12-29-25(31-23)32-9-7-15(3)8-10-32/h5-6,11-12,14-15H,7-10,13H2,1-4H3,(H,28,34)(H,29,30,31). The van der Waals surface area contributed by atoms with Crippen LogP contribution in [0.3, 0.4) is 0 Å². The van der Waals surface area contributed by atoms with Crippen molar-refractivity contribution in [2.24, 2.45) is 5.92 Å². The third-order valence-corrected chi connectivity index (χ3v) is 6.60. The summed E-state index contributed by atoms with van der Waals surface area (Å²) in [4.78, 5) is 35.6. The normalized spacial score (nSPS) is 14.4. The van der Waals surface area contributed by atoms with Gasteiger partial charge in [0.05, 0.1) is 17.4 Å². The Kier molecular flexibility index (Phi) is 7.63. The average molecular weight is 517 g/mol. The summed E-state index contributed by atoms with van der Waals surface area (Å²) in [6.07, 6.45) is 3.61. The third-order valence-electron chi connectivity index (χ3n) is 6.33. The average Bonchev–Trinajstić information content (AvgIpc) is 2.86. The van der Waals surface area contributed by atoms with Gasteiger partial charge in [-0.05, 0) is 50.8 Å². The molecule has 0 saturated carbocycles. The van der Waals surface area contributed by atoms with Crippen LogP contribution < -0.4 is 25.8 Å². The van der Waals surface area contributed by atoms with Crippen LogP contribution in [0.25, 0.3) is 10.9 Å². The van der Waals surface area contributed by atoms with E-state index in [4.69, 9.17) is 16.3 Å². The molecule has 1 aromatic carbocycles. The lowest BCUT2D eigenvalue weighted by Gasteiger charge is -2.30. The molecule has 0 aliphatic carbocycles. The first-order chi connectivity index (χ1) is 17.2. The van der Waals surface area contributed by atoms with Crippen molar-refractivity contribution in [3.05, 3.63) is 45.6 Å². The number of carbonyl (C=O) groups excluding carboxylic acids is 1. The van der Waals surface area contributed by atoms with Gasteiger partial charge in [-0.2, -0.15) is 4.98 Å². The maximum absolute atomic E-state index is 15.8. The van der Waals surface area contributed by atoms with Crippen LogP contribution in [-0.2, 0) is 4.79 Å². The van der Waals surface area contributed by atoms with Crippen molar-refractivity contribution in [3.63, 3.8) is 0 Å². The van der Waals surface area contributed by atoms with Gasteiger partial charge >= 0.3 is 0 Å². The second kappa shape index (κ2) is 10.7. The van der Waals surface area contributed by atoms with E-state index in [9.17, 15) is 9.59 Å². The third kappa shape index (κ3) is 5.23. The molecule has 3 heterocycles. The van der Waals surface area contributed by atoms with E-state index in [0.29, 0.717) is 17.4 Å². The zero-order valence-electron chi connectivity index (χ0n) is 20.8. The minimum absolute atomic E-state index is 0.113. The zero-order chi connectivity index (χ0) is 26.0. The molecular weight excluding hydrogens is 487 g/mol. The van der Waals surface area contributed by atoms with E-state index in [2.05, 4.69) is 32.4 Å². The van der Waals surface area contributed by atoms with Gasteiger partial charge in [0.25, 0.3) is 11.5 Å². The van der Waals surface area contributed by atoms with Gasteiger partial charge in [-0.25, -0.2) is 9.37 Å². The summed E-state index contributed by atoms with van der Waals surface area (Å²) >= 11 is 6.34. The van der Waals surface area contributed by atoms with Gasteiger partial charge in [0.15, 0.2) is 24.0 Å². The largest absolute Gasteiger partial charge is 0.478 e. The van der Waals surface area contributed by atoms with Crippen LogP contribution in [-0.4, -0.2) is 47.2 Å². The Hall–Kier alpha value is -3.40. The van der Waals surface area contributed by atoms with Gasteiger partial charge in [0.1, 0.15) is 5.02 Å². The van der Waals surface area contributed by atoms with Gasteiger partial charge < -0.3 is 24.8 Å². The first-order valence-corrected chi connectivity index (χ1v) is 12.3. The fourth-order valence-electron chi connectivity index (χ4n) is 4.21. The van der Waals surface area contributed by atoms with Gasteiger partial charge in [0.2, 0.25) is 5.95 Å². The second-order valence-electron chi connectivity index (χ2n) is 9.26. The van der Waals surface area contributed by atoms with Crippen molar-refractivity contribution in [3.8, 4) is 5.75 Å². The molecule has 9 nitrogen and oxygen atoms in total. The number of halogens is 2. The predicted molar refractivity (Wildman–Crippen MR) is 139 cm³/mol. The molecule has 0 atom stereocenters. The zero-order valence-corrected chi connectivity index (χ0v) is 21.5. The maximum Gasteiger partial charge on any atom is 0.293 e. The number of nitrogens with one attached hydrogen (secondary N) is 2. The highest BCUT2D eigenvalue weighted by Crippen LogP contribution is 2.32. The highest BCUT2D eigenvalue weighted by molar-refractivity contribution is 6.32. The molecule has 1 fully saturated rings. The van der Waals surface area contributed by atoms with Gasteiger partial charge in [-0.3, -0.25) is 9.59 Å². The van der Waals surface area contributed by atoms with Crippen molar-refractivity contribution in [1.82, 2.24) is 19.9 Å². The number of rotatable bonds is 7. The number of nitrogens with zero attached hydrogens (tertiary/aromatic N) is 4. The van der Waals surface area contributed by atoms with E-state index < -0.39 is 17.3 Å². The summed E-state index contributed by atoms with van der Waals surface area (Å²) in [6.45, 7) is 7.19. The Balaban J connectivity index is 1.72. The van der Waals surface area contributed by atoms with Crippen LogP contribution in [0.1, 0.15) is 39.7 Å². The highest BCUT2D eigenvalue weighted by Gasteiger charge is 2.21. The van der Waals surface area contributed by atoms with Gasteiger partial charge in [-0.1, -0.05) is 18.5 Å². The molecule has 1 aliphatic rings. The summed E-state index contributed by atoms with van der Waals surface area (Å²) in [5.74, 6) is 0.359. The Morgan fingerprint density at radius 2 is 2.03 bits per heavy atom. The maximum atomic E-state index is 15.8. The summed E-state index contributed by atoms with van der Waals surface area (Å²) in [7, 11) is 1.46. The number of likely N-dealkylation sites (N-methyl/N-ethyl adjacent to an activating group) is 1. The van der Waals surface area contributed by atoms with E-state index in [-0.39, 0.29) is 40.3 Å². The molecule has 1 amide bonds. The molecule has 2 aromatic heterocycles. The van der Waals surface area contributed by atoms with Crippen molar-refractivity contribution < 1.29 is 13.9 Å². The van der Waals surface area contributed by atoms with E-state index in [1.165, 1.54) is 23.9 Å². The molecule has 0 unspecified atom stereocenters. The molecule has 1 aliphatic heterocycles. The number of pyridine rings is 1. The van der Waals surface area contributed by atoms with E-state index in [0.717, 1.165) is 25.9 Å². The number of hydrogen-bond acceptors (Lipinski definition) is 7. The number of aromatic nitrogens is 3. The summed E-state index contributed by atoms with van der Waals surface area (Å²) in [5.41, 5.74) is 0.0932. The summed E-state index contributed by atoms with van der Waals surface area (Å²) in [5, 5.41) is 5.83. The molecule has 0 spiro atoms. The van der Waals surface area contributed by atoms with Crippen LogP contribution >= 0.6 is 11.6 Å². The molecule has 3 aromatic rings. The lowest BCUT2D eigenvalue weighted by Crippen LogP contribution is -2.34. The van der Waals surface area contributed by atoms with Crippen molar-refractivity contribution in [1.29, 1.82) is 0 Å². The van der Waals surface area contributed by atoms with Crippen LogP contribution in [0.5, 0.6) is 5.75 Å². The number of benzene rings is 1. The molecule has 1 saturated heterocycles. The minimum Gasteiger partial charge on any atom is -0.478 e. The number of ether oxygens (including phenoxy) is 1. The Labute approximate surface area is 213 Å². The molecule has 0 bridgehead atoms. The monoisotopic (exact) mass is 516 g/mol. The molecular formula is C25H30ClFN6O3. The fourth-order valence-corrected chi connectivity index (χ4v) is 4.35. The summed E-state index contributed by atoms with van der Waals surface area (Å²) < 4.78 is 22.7. The van der Waals surface area contributed by atoms with Crippen LogP contribution in [0.4, 0.5) is 21.8 Å². The lowest BCUT2D eigenvalue weighted by molar-refractivity contribution is -0.122. The topological polar surface area (TPSA) is 101 Å². The number of piperidine rings is 1. The van der Waals surface area contributed by atoms with Crippen LogP contribution in [0.15, 0.2) is 29.2 Å². The van der Waals surface area contributed by atoms with Crippen molar-refractivity contribution in [2.45, 2.75) is 39.7 Å². The first-order valence-electron chi connectivity index (χ1n) is 11.9. The molecule has 4 rings (SSSR count). The molecule has 0 radical (unpaired) electrons. The number of carbonyl (C=O) groups is 1. The van der Waals surface area contributed by atoms with E-state index in [1.807, 2.05) is 13.8 Å². The molecule has 2 N–H and O–H groups in total. The quantitative estimate of drug-likeness (QED) is 0.483. The number of amides is 1. The van der Waals surface area contributed by atoms with Crippen molar-refractivity contribution >= 4 is 45.9 Å². The first kappa shape index (κ1) is 25.7. The Morgan fingerprint density at radius 3 is 2.69 bits per heavy atom. The fraction of sp³-hybridized carbons (Fsp3) is 0.440. The SMILES string of the molecule is CNC(=O)COc1cc2c(F)c(Nc3nc(N4CCC(C)CC4)ncc3Cl)ccc2n(C(C)C)c1=O. The van der Waals surface area contributed by atoms with Gasteiger partial charge in [0, 0.05) is 31.6 Å². The molecule has 192 valence electrons. The van der Waals surface area contributed by atoms with Crippen molar-refractivity contribution in [2.75, 3.05) is 37.0 Å². The minimum atomic E-state index is -0.602. The molecule has 36 heavy (non-hydrogen) atoms. The Morgan fingerprint density at radius 1 is 1.31 bits per heavy atom. The predicted octanol–water partition coefficient (Wildman–Crippen LogP) is 4.27. The number of fused-ring (bicyclic) bond motifs is 1. The highest BCUT2D eigenvalue weighted by atomic mass is 35.5. The van der Waals surface area contributed by atoms with E-state index in [1.54, 1.807) is 12.1 Å². The second-order valence-corrected chi connectivity index (χ2v) is 9.67. The van der Waals surface area contributed by atoms with Gasteiger partial charge in [-0.15, -0.1) is 0 Å². The van der Waals surface area contributed by atoms with Crippen LogP contribution in [0, 0.1) is 11.7 Å². The number of anilines is 3. The smallest absolute Gasteiger partial charge is 0.293 e. The number of hydrogen-bond donors (Lipinski definition) is 2. The van der Waals surface area contributed by atoms with Crippen LogP contribution in [0.2, 0.25) is 5.02 Å². The molecule has 11 heteroatoms. The lowest BCUT2D eigenvalue weighted by atomic mass is 10.00. The summed E-state index contributed by atoms with van der Waals surface area (Å²) in [6, 6.07) is 4.25. The Bertz CT molecular complexity index is 1340.